The quantitative estimate of drug-likeness (QED) is 0.802. The van der Waals surface area contributed by atoms with Gasteiger partial charge in [-0.1, -0.05) is 13.0 Å². The number of H-pyrrole nitrogens is 1. The van der Waals surface area contributed by atoms with Crippen LogP contribution in [0.2, 0.25) is 0 Å². The minimum atomic E-state index is -0.00931. The number of benzene rings is 1. The third-order valence-electron chi connectivity index (χ3n) is 2.90. The largest absolute Gasteiger partial charge is 0.326 e. The molecule has 2 aromatic rings. The first-order valence-corrected chi connectivity index (χ1v) is 5.34. The van der Waals surface area contributed by atoms with E-state index in [9.17, 15) is 4.79 Å². The van der Waals surface area contributed by atoms with Gasteiger partial charge in [-0.25, -0.2) is 4.79 Å². The van der Waals surface area contributed by atoms with Gasteiger partial charge in [-0.15, -0.1) is 0 Å². The van der Waals surface area contributed by atoms with Crippen LogP contribution in [-0.2, 0) is 0 Å². The summed E-state index contributed by atoms with van der Waals surface area (Å²) in [7, 11) is 0. The van der Waals surface area contributed by atoms with Gasteiger partial charge in [-0.2, -0.15) is 0 Å². The number of rotatable bonds is 2. The highest BCUT2D eigenvalue weighted by Crippen LogP contribution is 2.17. The fourth-order valence-corrected chi connectivity index (χ4v) is 1.85. The van der Waals surface area contributed by atoms with Crippen LogP contribution in [0.1, 0.15) is 31.9 Å². The summed E-state index contributed by atoms with van der Waals surface area (Å²) in [4.78, 5) is 14.6. The summed E-state index contributed by atoms with van der Waals surface area (Å²) in [6.45, 7) is 6.20. The minimum Gasteiger partial charge on any atom is -0.306 e. The average molecular weight is 204 g/mol. The lowest BCUT2D eigenvalue weighted by Gasteiger charge is -2.10. The van der Waals surface area contributed by atoms with Gasteiger partial charge in [0.2, 0.25) is 0 Å². The second-order valence-electron chi connectivity index (χ2n) is 4.08. The van der Waals surface area contributed by atoms with Gasteiger partial charge in [0.25, 0.3) is 0 Å². The Labute approximate surface area is 88.7 Å². The van der Waals surface area contributed by atoms with E-state index in [0.29, 0.717) is 0 Å². The van der Waals surface area contributed by atoms with Crippen molar-refractivity contribution >= 4 is 11.0 Å². The topological polar surface area (TPSA) is 37.8 Å². The van der Waals surface area contributed by atoms with Crippen LogP contribution in [0.25, 0.3) is 11.0 Å². The maximum Gasteiger partial charge on any atom is 0.326 e. The Morgan fingerprint density at radius 2 is 2.20 bits per heavy atom. The molecule has 1 aromatic heterocycles. The van der Waals surface area contributed by atoms with Crippen molar-refractivity contribution in [3.8, 4) is 0 Å². The Morgan fingerprint density at radius 3 is 2.87 bits per heavy atom. The fraction of sp³-hybridized carbons (Fsp3) is 0.417. The molecule has 0 spiro atoms. The van der Waals surface area contributed by atoms with E-state index < -0.39 is 0 Å². The van der Waals surface area contributed by atoms with E-state index in [-0.39, 0.29) is 11.7 Å². The summed E-state index contributed by atoms with van der Waals surface area (Å²) in [6, 6.07) is 6.27. The minimum absolute atomic E-state index is 0.00931. The van der Waals surface area contributed by atoms with Crippen molar-refractivity contribution in [1.29, 1.82) is 0 Å². The van der Waals surface area contributed by atoms with Crippen molar-refractivity contribution in [2.45, 2.75) is 33.2 Å². The summed E-state index contributed by atoms with van der Waals surface area (Å²) in [5.74, 6) is 0. The maximum atomic E-state index is 11.8. The van der Waals surface area contributed by atoms with E-state index in [1.165, 1.54) is 5.56 Å². The molecule has 0 fully saturated rings. The molecule has 1 heterocycles. The molecule has 1 aromatic carbocycles. The zero-order chi connectivity index (χ0) is 11.0. The number of hydrogen-bond donors (Lipinski definition) is 1. The standard InChI is InChI=1S/C12H16N2O/c1-4-9(3)14-11-7-8(2)5-6-10(11)13-12(14)15/h5-7,9H,4H2,1-3H3,(H,13,15). The van der Waals surface area contributed by atoms with Crippen LogP contribution in [0.15, 0.2) is 23.0 Å². The Balaban J connectivity index is 2.76. The Morgan fingerprint density at radius 1 is 1.47 bits per heavy atom. The zero-order valence-electron chi connectivity index (χ0n) is 9.37. The molecule has 0 saturated heterocycles. The van der Waals surface area contributed by atoms with Crippen molar-refractivity contribution in [1.82, 2.24) is 9.55 Å². The molecular formula is C12H16N2O. The highest BCUT2D eigenvalue weighted by atomic mass is 16.1. The van der Waals surface area contributed by atoms with Gasteiger partial charge in [0.1, 0.15) is 0 Å². The van der Waals surface area contributed by atoms with Gasteiger partial charge in [-0.3, -0.25) is 4.57 Å². The van der Waals surface area contributed by atoms with Gasteiger partial charge in [0.15, 0.2) is 0 Å². The molecule has 0 aliphatic heterocycles. The Hall–Kier alpha value is -1.51. The van der Waals surface area contributed by atoms with E-state index in [4.69, 9.17) is 0 Å². The van der Waals surface area contributed by atoms with Crippen LogP contribution >= 0.6 is 0 Å². The summed E-state index contributed by atoms with van der Waals surface area (Å²) in [5, 5.41) is 0. The SMILES string of the molecule is CCC(C)n1c(=O)[nH]c2ccc(C)cc21. The van der Waals surface area contributed by atoms with Crippen LogP contribution in [0.3, 0.4) is 0 Å². The highest BCUT2D eigenvalue weighted by Gasteiger charge is 2.10. The van der Waals surface area contributed by atoms with E-state index in [1.807, 2.05) is 23.6 Å². The second-order valence-corrected chi connectivity index (χ2v) is 4.08. The smallest absolute Gasteiger partial charge is 0.306 e. The molecule has 0 bridgehead atoms. The van der Waals surface area contributed by atoms with Crippen LogP contribution in [0.5, 0.6) is 0 Å². The van der Waals surface area contributed by atoms with Crippen molar-refractivity contribution in [3.05, 3.63) is 34.2 Å². The van der Waals surface area contributed by atoms with E-state index in [0.717, 1.165) is 17.5 Å². The van der Waals surface area contributed by atoms with Crippen LogP contribution < -0.4 is 5.69 Å². The van der Waals surface area contributed by atoms with E-state index in [2.05, 4.69) is 24.9 Å². The summed E-state index contributed by atoms with van der Waals surface area (Å²) in [5.41, 5.74) is 3.10. The van der Waals surface area contributed by atoms with Gasteiger partial charge < -0.3 is 4.98 Å². The Kier molecular flexibility index (Phi) is 2.39. The number of imidazole rings is 1. The lowest BCUT2D eigenvalue weighted by molar-refractivity contribution is 0.530. The van der Waals surface area contributed by atoms with Crippen molar-refractivity contribution in [3.63, 3.8) is 0 Å². The van der Waals surface area contributed by atoms with Crippen molar-refractivity contribution in [2.75, 3.05) is 0 Å². The second kappa shape index (κ2) is 3.57. The third-order valence-corrected chi connectivity index (χ3v) is 2.90. The first kappa shape index (κ1) is 10.0. The van der Waals surface area contributed by atoms with Crippen molar-refractivity contribution < 1.29 is 0 Å². The van der Waals surface area contributed by atoms with E-state index >= 15 is 0 Å². The number of hydrogen-bond acceptors (Lipinski definition) is 1. The molecule has 2 rings (SSSR count). The van der Waals surface area contributed by atoms with Crippen LogP contribution in [0, 0.1) is 6.92 Å². The number of aryl methyl sites for hydroxylation is 1. The molecule has 0 aliphatic rings. The fourth-order valence-electron chi connectivity index (χ4n) is 1.85. The molecule has 1 N–H and O–H groups in total. The van der Waals surface area contributed by atoms with Gasteiger partial charge in [-0.05, 0) is 38.0 Å². The van der Waals surface area contributed by atoms with Crippen LogP contribution in [0.4, 0.5) is 0 Å². The normalized spacial score (nSPS) is 13.3. The van der Waals surface area contributed by atoms with Gasteiger partial charge >= 0.3 is 5.69 Å². The monoisotopic (exact) mass is 204 g/mol. The zero-order valence-corrected chi connectivity index (χ0v) is 9.37. The first-order chi connectivity index (χ1) is 7.13. The number of nitrogens with zero attached hydrogens (tertiary/aromatic N) is 1. The summed E-state index contributed by atoms with van der Waals surface area (Å²) in [6.07, 6.45) is 0.959. The molecule has 15 heavy (non-hydrogen) atoms. The molecule has 0 aliphatic carbocycles. The maximum absolute atomic E-state index is 11.8. The molecule has 0 saturated carbocycles. The predicted octanol–water partition coefficient (Wildman–Crippen LogP) is 2.61. The van der Waals surface area contributed by atoms with Gasteiger partial charge in [0.05, 0.1) is 11.0 Å². The predicted molar refractivity (Wildman–Crippen MR) is 62.3 cm³/mol. The number of aromatic amines is 1. The lowest BCUT2D eigenvalue weighted by Crippen LogP contribution is -2.19. The van der Waals surface area contributed by atoms with E-state index in [1.54, 1.807) is 0 Å². The van der Waals surface area contributed by atoms with Gasteiger partial charge in [0, 0.05) is 6.04 Å². The summed E-state index contributed by atoms with van der Waals surface area (Å²) >= 11 is 0. The number of nitrogens with one attached hydrogen (secondary N) is 1. The molecule has 0 radical (unpaired) electrons. The molecule has 1 atom stereocenters. The lowest BCUT2D eigenvalue weighted by atomic mass is 10.2. The molecule has 3 heteroatoms. The molecule has 0 amide bonds. The van der Waals surface area contributed by atoms with Crippen molar-refractivity contribution in [2.24, 2.45) is 0 Å². The Bertz CT molecular complexity index is 536. The molecule has 80 valence electrons. The molecule has 1 unspecified atom stereocenters. The molecular weight excluding hydrogens is 188 g/mol. The first-order valence-electron chi connectivity index (χ1n) is 5.34. The van der Waals surface area contributed by atoms with Crippen LogP contribution in [-0.4, -0.2) is 9.55 Å². The number of fused-ring (bicyclic) bond motifs is 1. The summed E-state index contributed by atoms with van der Waals surface area (Å²) < 4.78 is 1.84. The highest BCUT2D eigenvalue weighted by molar-refractivity contribution is 5.76. The molecule has 3 nitrogen and oxygen atoms in total. The third kappa shape index (κ3) is 1.58. The average Bonchev–Trinajstić information content (AvgIpc) is 2.52. The number of aromatic nitrogens is 2.